The third-order valence-electron chi connectivity index (χ3n) is 3.91. The second-order valence-corrected chi connectivity index (χ2v) is 5.58. The Morgan fingerprint density at radius 2 is 2.10 bits per heavy atom. The van der Waals surface area contributed by atoms with Gasteiger partial charge in [-0.25, -0.2) is 9.97 Å². The van der Waals surface area contributed by atoms with E-state index in [2.05, 4.69) is 54.0 Å². The zero-order valence-corrected chi connectivity index (χ0v) is 13.2. The lowest BCUT2D eigenvalue weighted by atomic mass is 10.2. The van der Waals surface area contributed by atoms with Crippen LogP contribution in [0.4, 0.5) is 11.6 Å². The summed E-state index contributed by atoms with van der Waals surface area (Å²) in [5, 5.41) is 3.38. The first-order chi connectivity index (χ1) is 9.63. The molecule has 112 valence electrons. The van der Waals surface area contributed by atoms with Crippen LogP contribution in [0.2, 0.25) is 0 Å². The summed E-state index contributed by atoms with van der Waals surface area (Å²) in [6.07, 6.45) is 1.98. The largest absolute Gasteiger partial charge is 0.370 e. The standard InChI is InChI=1S/C15H27N5/c1-5-7-16-14-10-15(18-13(6-2)17-14)20-9-8-19(4)12(3)11-20/h10,12H,5-9,11H2,1-4H3,(H,16,17,18). The zero-order chi connectivity index (χ0) is 14.5. The molecule has 1 saturated heterocycles. The van der Waals surface area contributed by atoms with E-state index in [0.29, 0.717) is 6.04 Å². The molecular weight excluding hydrogens is 250 g/mol. The van der Waals surface area contributed by atoms with Gasteiger partial charge in [-0.05, 0) is 20.4 Å². The van der Waals surface area contributed by atoms with Gasteiger partial charge in [0.1, 0.15) is 17.5 Å². The number of rotatable bonds is 5. The average molecular weight is 277 g/mol. The highest BCUT2D eigenvalue weighted by Crippen LogP contribution is 2.19. The summed E-state index contributed by atoms with van der Waals surface area (Å²) in [5.41, 5.74) is 0. The van der Waals surface area contributed by atoms with Crippen molar-refractivity contribution in [2.75, 3.05) is 43.4 Å². The van der Waals surface area contributed by atoms with Crippen molar-refractivity contribution in [2.24, 2.45) is 0 Å². The van der Waals surface area contributed by atoms with E-state index in [1.165, 1.54) is 0 Å². The molecule has 1 unspecified atom stereocenters. The molecule has 1 aliphatic heterocycles. The van der Waals surface area contributed by atoms with Crippen molar-refractivity contribution < 1.29 is 0 Å². The van der Waals surface area contributed by atoms with Crippen LogP contribution in [0, 0.1) is 0 Å². The van der Waals surface area contributed by atoms with Gasteiger partial charge in [0.15, 0.2) is 0 Å². The molecule has 0 spiro atoms. The molecule has 1 atom stereocenters. The smallest absolute Gasteiger partial charge is 0.134 e. The highest BCUT2D eigenvalue weighted by molar-refractivity contribution is 5.50. The van der Waals surface area contributed by atoms with Crippen LogP contribution in [-0.4, -0.2) is 54.1 Å². The fourth-order valence-corrected chi connectivity index (χ4v) is 2.40. The molecule has 5 heteroatoms. The molecule has 0 aromatic carbocycles. The number of hydrogen-bond acceptors (Lipinski definition) is 5. The molecule has 0 bridgehead atoms. The normalized spacial score (nSPS) is 20.2. The predicted octanol–water partition coefficient (Wildman–Crippen LogP) is 2.00. The van der Waals surface area contributed by atoms with Gasteiger partial charge in [0.05, 0.1) is 0 Å². The quantitative estimate of drug-likeness (QED) is 0.892. The number of nitrogens with one attached hydrogen (secondary N) is 1. The first kappa shape index (κ1) is 15.0. The van der Waals surface area contributed by atoms with E-state index < -0.39 is 0 Å². The second kappa shape index (κ2) is 6.88. The molecule has 2 heterocycles. The monoisotopic (exact) mass is 277 g/mol. The van der Waals surface area contributed by atoms with Crippen LogP contribution >= 0.6 is 0 Å². The van der Waals surface area contributed by atoms with Crippen LogP contribution in [-0.2, 0) is 6.42 Å². The second-order valence-electron chi connectivity index (χ2n) is 5.58. The average Bonchev–Trinajstić information content (AvgIpc) is 2.47. The Morgan fingerprint density at radius 3 is 2.75 bits per heavy atom. The number of aromatic nitrogens is 2. The third kappa shape index (κ3) is 3.60. The van der Waals surface area contributed by atoms with Crippen molar-refractivity contribution in [3.63, 3.8) is 0 Å². The van der Waals surface area contributed by atoms with Gasteiger partial charge >= 0.3 is 0 Å². The molecule has 1 N–H and O–H groups in total. The molecule has 0 saturated carbocycles. The molecule has 2 rings (SSSR count). The van der Waals surface area contributed by atoms with Crippen LogP contribution in [0.15, 0.2) is 6.07 Å². The Bertz CT molecular complexity index is 434. The fourth-order valence-electron chi connectivity index (χ4n) is 2.40. The molecule has 0 amide bonds. The van der Waals surface area contributed by atoms with Crippen LogP contribution in [0.1, 0.15) is 33.0 Å². The molecule has 1 fully saturated rings. The molecule has 1 aromatic heterocycles. The Labute approximate surface area is 122 Å². The van der Waals surface area contributed by atoms with Crippen molar-refractivity contribution in [2.45, 2.75) is 39.7 Å². The third-order valence-corrected chi connectivity index (χ3v) is 3.91. The first-order valence-electron chi connectivity index (χ1n) is 7.71. The molecule has 1 aliphatic rings. The summed E-state index contributed by atoms with van der Waals surface area (Å²) < 4.78 is 0. The van der Waals surface area contributed by atoms with Gasteiger partial charge in [-0.1, -0.05) is 13.8 Å². The predicted molar refractivity (Wildman–Crippen MR) is 84.5 cm³/mol. The van der Waals surface area contributed by atoms with E-state index in [-0.39, 0.29) is 0 Å². The minimum Gasteiger partial charge on any atom is -0.370 e. The lowest BCUT2D eigenvalue weighted by molar-refractivity contribution is 0.233. The number of nitrogens with zero attached hydrogens (tertiary/aromatic N) is 4. The van der Waals surface area contributed by atoms with Crippen LogP contribution in [0.5, 0.6) is 0 Å². The SMILES string of the molecule is CCCNc1cc(N2CCN(C)C(C)C2)nc(CC)n1. The van der Waals surface area contributed by atoms with E-state index >= 15 is 0 Å². The highest BCUT2D eigenvalue weighted by Gasteiger charge is 2.22. The van der Waals surface area contributed by atoms with Crippen molar-refractivity contribution in [1.82, 2.24) is 14.9 Å². The van der Waals surface area contributed by atoms with E-state index in [4.69, 9.17) is 4.98 Å². The van der Waals surface area contributed by atoms with Crippen LogP contribution in [0.25, 0.3) is 0 Å². The van der Waals surface area contributed by atoms with Gasteiger partial charge in [0.25, 0.3) is 0 Å². The number of piperazine rings is 1. The molecule has 20 heavy (non-hydrogen) atoms. The van der Waals surface area contributed by atoms with Gasteiger partial charge in [0, 0.05) is 44.7 Å². The molecule has 0 radical (unpaired) electrons. The Kier molecular flexibility index (Phi) is 5.17. The fraction of sp³-hybridized carbons (Fsp3) is 0.733. The summed E-state index contributed by atoms with van der Waals surface area (Å²) in [6, 6.07) is 2.66. The topological polar surface area (TPSA) is 44.3 Å². The molecular formula is C15H27N5. The van der Waals surface area contributed by atoms with Crippen LogP contribution < -0.4 is 10.2 Å². The van der Waals surface area contributed by atoms with Crippen molar-refractivity contribution in [3.05, 3.63) is 11.9 Å². The zero-order valence-electron chi connectivity index (χ0n) is 13.2. The van der Waals surface area contributed by atoms with Gasteiger partial charge in [-0.2, -0.15) is 0 Å². The summed E-state index contributed by atoms with van der Waals surface area (Å²) >= 11 is 0. The number of anilines is 2. The minimum absolute atomic E-state index is 0.566. The Hall–Kier alpha value is -1.36. The summed E-state index contributed by atoms with van der Waals surface area (Å²) in [4.78, 5) is 14.0. The lowest BCUT2D eigenvalue weighted by Gasteiger charge is -2.38. The lowest BCUT2D eigenvalue weighted by Crippen LogP contribution is -2.50. The van der Waals surface area contributed by atoms with Crippen molar-refractivity contribution >= 4 is 11.6 Å². The maximum atomic E-state index is 4.70. The van der Waals surface area contributed by atoms with Gasteiger partial charge in [-0.15, -0.1) is 0 Å². The van der Waals surface area contributed by atoms with Crippen molar-refractivity contribution in [3.8, 4) is 0 Å². The highest BCUT2D eigenvalue weighted by atomic mass is 15.3. The van der Waals surface area contributed by atoms with E-state index in [0.717, 1.165) is 56.5 Å². The van der Waals surface area contributed by atoms with Gasteiger partial charge in [0.2, 0.25) is 0 Å². The van der Waals surface area contributed by atoms with Crippen molar-refractivity contribution in [1.29, 1.82) is 0 Å². The van der Waals surface area contributed by atoms with Crippen LogP contribution in [0.3, 0.4) is 0 Å². The van der Waals surface area contributed by atoms with E-state index in [1.54, 1.807) is 0 Å². The maximum absolute atomic E-state index is 4.70. The minimum atomic E-state index is 0.566. The maximum Gasteiger partial charge on any atom is 0.134 e. The molecule has 0 aliphatic carbocycles. The molecule has 1 aromatic rings. The Morgan fingerprint density at radius 1 is 1.30 bits per heavy atom. The number of aryl methyl sites for hydroxylation is 1. The molecule has 5 nitrogen and oxygen atoms in total. The Balaban J connectivity index is 2.17. The number of likely N-dealkylation sites (N-methyl/N-ethyl adjacent to an activating group) is 1. The first-order valence-corrected chi connectivity index (χ1v) is 7.71. The van der Waals surface area contributed by atoms with Gasteiger partial charge < -0.3 is 15.1 Å². The van der Waals surface area contributed by atoms with Gasteiger partial charge in [-0.3, -0.25) is 0 Å². The number of hydrogen-bond donors (Lipinski definition) is 1. The summed E-state index contributed by atoms with van der Waals surface area (Å²) in [7, 11) is 2.19. The van der Waals surface area contributed by atoms with E-state index in [1.807, 2.05) is 0 Å². The summed E-state index contributed by atoms with van der Waals surface area (Å²) in [6.45, 7) is 10.7. The summed E-state index contributed by atoms with van der Waals surface area (Å²) in [5.74, 6) is 2.95. The van der Waals surface area contributed by atoms with E-state index in [9.17, 15) is 0 Å².